The fourth-order valence-electron chi connectivity index (χ4n) is 1.69. The molecule has 0 aliphatic heterocycles. The van der Waals surface area contributed by atoms with E-state index in [1.807, 2.05) is 6.92 Å². The first-order chi connectivity index (χ1) is 10.2. The zero-order valence-electron chi connectivity index (χ0n) is 12.0. The van der Waals surface area contributed by atoms with E-state index in [1.165, 1.54) is 17.6 Å². The largest absolute Gasteiger partial charge is 0.459 e. The van der Waals surface area contributed by atoms with Crippen molar-refractivity contribution in [1.29, 1.82) is 0 Å². The van der Waals surface area contributed by atoms with Crippen LogP contribution in [0.5, 0.6) is 0 Å². The highest BCUT2D eigenvalue weighted by Gasteiger charge is 2.16. The summed E-state index contributed by atoms with van der Waals surface area (Å²) < 4.78 is 5.02. The molecule has 0 atom stereocenters. The number of likely N-dealkylation sites (N-methyl/N-ethyl adjacent to an activating group) is 1. The number of carbonyl (C=O) groups is 2. The van der Waals surface area contributed by atoms with Crippen molar-refractivity contribution < 1.29 is 14.0 Å². The molecule has 2 aromatic heterocycles. The van der Waals surface area contributed by atoms with Crippen molar-refractivity contribution in [1.82, 2.24) is 10.6 Å². The third kappa shape index (κ3) is 4.87. The van der Waals surface area contributed by atoms with Crippen molar-refractivity contribution in [3.63, 3.8) is 0 Å². The highest BCUT2D eigenvalue weighted by molar-refractivity contribution is 7.14. The second-order valence-corrected chi connectivity index (χ2v) is 5.12. The van der Waals surface area contributed by atoms with Gasteiger partial charge < -0.3 is 20.4 Å². The number of halogens is 1. The molecule has 22 heavy (non-hydrogen) atoms. The molecule has 120 valence electrons. The predicted molar refractivity (Wildman–Crippen MR) is 89.1 cm³/mol. The normalized spacial score (nSPS) is 9.86. The monoisotopic (exact) mass is 343 g/mol. The van der Waals surface area contributed by atoms with Crippen molar-refractivity contribution in [2.45, 2.75) is 6.92 Å². The molecule has 0 saturated heterocycles. The first-order valence-electron chi connectivity index (χ1n) is 6.63. The van der Waals surface area contributed by atoms with E-state index < -0.39 is 0 Å². The van der Waals surface area contributed by atoms with Crippen molar-refractivity contribution >= 4 is 40.6 Å². The quantitative estimate of drug-likeness (QED) is 0.674. The van der Waals surface area contributed by atoms with Gasteiger partial charge in [0.2, 0.25) is 0 Å². The van der Waals surface area contributed by atoms with E-state index in [-0.39, 0.29) is 30.0 Å². The van der Waals surface area contributed by atoms with Gasteiger partial charge in [0.1, 0.15) is 5.00 Å². The Bertz CT molecular complexity index is 598. The molecule has 0 aliphatic rings. The Morgan fingerprint density at radius 1 is 1.23 bits per heavy atom. The number of thiophene rings is 1. The summed E-state index contributed by atoms with van der Waals surface area (Å²) in [5.74, 6) is -0.366. The van der Waals surface area contributed by atoms with Crippen molar-refractivity contribution in [3.8, 4) is 0 Å². The highest BCUT2D eigenvalue weighted by atomic mass is 35.5. The minimum atomic E-state index is -0.371. The molecule has 0 aliphatic carbocycles. The molecular weight excluding hydrogens is 326 g/mol. The van der Waals surface area contributed by atoms with Crippen LogP contribution < -0.4 is 16.0 Å². The van der Waals surface area contributed by atoms with Crippen LogP contribution in [0.3, 0.4) is 0 Å². The lowest BCUT2D eigenvalue weighted by atomic mass is 10.3. The fraction of sp³-hybridized carbons (Fsp3) is 0.286. The van der Waals surface area contributed by atoms with Gasteiger partial charge in [-0.25, -0.2) is 0 Å². The second-order valence-electron chi connectivity index (χ2n) is 4.20. The van der Waals surface area contributed by atoms with E-state index in [0.29, 0.717) is 23.7 Å². The molecule has 3 N–H and O–H groups in total. The van der Waals surface area contributed by atoms with Gasteiger partial charge in [-0.3, -0.25) is 9.59 Å². The Labute approximate surface area is 138 Å². The minimum Gasteiger partial charge on any atom is -0.459 e. The third-order valence-corrected chi connectivity index (χ3v) is 3.55. The van der Waals surface area contributed by atoms with Crippen LogP contribution in [0.1, 0.15) is 27.8 Å². The summed E-state index contributed by atoms with van der Waals surface area (Å²) in [5, 5.41) is 10.9. The number of amides is 2. The Balaban J connectivity index is 0.00000242. The summed E-state index contributed by atoms with van der Waals surface area (Å²) >= 11 is 1.30. The van der Waals surface area contributed by atoms with Gasteiger partial charge in [0.25, 0.3) is 11.8 Å². The highest BCUT2D eigenvalue weighted by Crippen LogP contribution is 2.23. The third-order valence-electron chi connectivity index (χ3n) is 2.72. The van der Waals surface area contributed by atoms with E-state index in [2.05, 4.69) is 16.0 Å². The molecule has 6 nitrogen and oxygen atoms in total. The Kier molecular flexibility index (Phi) is 7.65. The zero-order valence-corrected chi connectivity index (χ0v) is 13.7. The predicted octanol–water partition coefficient (Wildman–Crippen LogP) is 2.35. The van der Waals surface area contributed by atoms with Crippen LogP contribution in [0, 0.1) is 0 Å². The maximum atomic E-state index is 12.1. The Morgan fingerprint density at radius 2 is 2.05 bits per heavy atom. The van der Waals surface area contributed by atoms with Gasteiger partial charge in [-0.05, 0) is 30.1 Å². The van der Waals surface area contributed by atoms with Crippen LogP contribution in [-0.4, -0.2) is 31.4 Å². The standard InChI is InChI=1S/C14H17N3O3S.ClH/c1-2-15-6-7-16-12(18)10-5-9-21-14(10)17-13(19)11-4-3-8-20-11;/h3-5,8-9,15H,2,6-7H2,1H3,(H,16,18)(H,17,19);1H. The summed E-state index contributed by atoms with van der Waals surface area (Å²) in [7, 11) is 0. The van der Waals surface area contributed by atoms with E-state index in [9.17, 15) is 9.59 Å². The molecule has 8 heteroatoms. The molecular formula is C14H18ClN3O3S. The Morgan fingerprint density at radius 3 is 2.73 bits per heavy atom. The number of carbonyl (C=O) groups excluding carboxylic acids is 2. The molecule has 2 rings (SSSR count). The van der Waals surface area contributed by atoms with Crippen molar-refractivity contribution in [3.05, 3.63) is 41.2 Å². The van der Waals surface area contributed by atoms with Crippen LogP contribution in [0.15, 0.2) is 34.3 Å². The summed E-state index contributed by atoms with van der Waals surface area (Å²) in [5.41, 5.74) is 0.455. The van der Waals surface area contributed by atoms with Crippen LogP contribution in [0.4, 0.5) is 5.00 Å². The smallest absolute Gasteiger partial charge is 0.291 e. The van der Waals surface area contributed by atoms with E-state index >= 15 is 0 Å². The second kappa shape index (κ2) is 9.24. The van der Waals surface area contributed by atoms with Gasteiger partial charge in [-0.2, -0.15) is 0 Å². The maximum Gasteiger partial charge on any atom is 0.291 e. The molecule has 0 spiro atoms. The van der Waals surface area contributed by atoms with Gasteiger partial charge in [0, 0.05) is 13.1 Å². The fourth-order valence-corrected chi connectivity index (χ4v) is 2.47. The summed E-state index contributed by atoms with van der Waals surface area (Å²) in [6.07, 6.45) is 1.43. The van der Waals surface area contributed by atoms with Crippen LogP contribution in [-0.2, 0) is 0 Å². The SMILES string of the molecule is CCNCCNC(=O)c1ccsc1NC(=O)c1ccco1.Cl. The topological polar surface area (TPSA) is 83.4 Å². The molecule has 0 fully saturated rings. The molecule has 2 amide bonds. The number of hydrogen-bond acceptors (Lipinski definition) is 5. The summed E-state index contributed by atoms with van der Waals surface area (Å²) in [6, 6.07) is 4.89. The zero-order chi connectivity index (χ0) is 15.1. The molecule has 0 radical (unpaired) electrons. The number of hydrogen-bond donors (Lipinski definition) is 3. The number of rotatable bonds is 7. The minimum absolute atomic E-state index is 0. The van der Waals surface area contributed by atoms with Gasteiger partial charge in [0.15, 0.2) is 5.76 Å². The molecule has 2 aromatic rings. The molecule has 0 bridgehead atoms. The maximum absolute atomic E-state index is 12.1. The van der Waals surface area contributed by atoms with Crippen molar-refractivity contribution in [2.24, 2.45) is 0 Å². The lowest BCUT2D eigenvalue weighted by molar-refractivity contribution is 0.0955. The van der Waals surface area contributed by atoms with Crippen molar-refractivity contribution in [2.75, 3.05) is 25.0 Å². The van der Waals surface area contributed by atoms with Crippen LogP contribution in [0.25, 0.3) is 0 Å². The summed E-state index contributed by atoms with van der Waals surface area (Å²) in [6.45, 7) is 4.11. The van der Waals surface area contributed by atoms with E-state index in [1.54, 1.807) is 23.6 Å². The summed E-state index contributed by atoms with van der Waals surface area (Å²) in [4.78, 5) is 24.0. The lowest BCUT2D eigenvalue weighted by Gasteiger charge is -2.07. The van der Waals surface area contributed by atoms with E-state index in [0.717, 1.165) is 6.54 Å². The molecule has 0 saturated carbocycles. The average molecular weight is 344 g/mol. The molecule has 2 heterocycles. The Hall–Kier alpha value is -1.83. The molecule has 0 aromatic carbocycles. The lowest BCUT2D eigenvalue weighted by Crippen LogP contribution is -2.32. The van der Waals surface area contributed by atoms with E-state index in [4.69, 9.17) is 4.42 Å². The van der Waals surface area contributed by atoms with Crippen LogP contribution >= 0.6 is 23.7 Å². The number of nitrogens with one attached hydrogen (secondary N) is 3. The van der Waals surface area contributed by atoms with Gasteiger partial charge >= 0.3 is 0 Å². The number of furan rings is 1. The van der Waals surface area contributed by atoms with Gasteiger partial charge in [-0.1, -0.05) is 6.92 Å². The molecule has 0 unspecified atom stereocenters. The first-order valence-corrected chi connectivity index (χ1v) is 7.51. The van der Waals surface area contributed by atoms with Gasteiger partial charge in [0.05, 0.1) is 11.8 Å². The van der Waals surface area contributed by atoms with Gasteiger partial charge in [-0.15, -0.1) is 23.7 Å². The van der Waals surface area contributed by atoms with Crippen LogP contribution in [0.2, 0.25) is 0 Å². The first kappa shape index (κ1) is 18.2. The average Bonchev–Trinajstić information content (AvgIpc) is 3.14. The number of anilines is 1.